The third-order valence-corrected chi connectivity index (χ3v) is 7.53. The molecule has 2 aliphatic heterocycles. The number of fused-ring (bicyclic) bond motifs is 2. The number of anilines is 1. The van der Waals surface area contributed by atoms with Crippen LogP contribution < -0.4 is 4.90 Å². The highest BCUT2D eigenvalue weighted by atomic mass is 32.1. The van der Waals surface area contributed by atoms with Gasteiger partial charge in [0.25, 0.3) is 5.91 Å². The Balaban J connectivity index is 1.54. The van der Waals surface area contributed by atoms with E-state index in [-0.39, 0.29) is 39.8 Å². The minimum Gasteiger partial charge on any atom is -0.483 e. The first-order valence-corrected chi connectivity index (χ1v) is 11.4. The van der Waals surface area contributed by atoms with Gasteiger partial charge in [-0.1, -0.05) is 36.0 Å². The summed E-state index contributed by atoms with van der Waals surface area (Å²) in [4.78, 5) is 33.0. The van der Waals surface area contributed by atoms with Crippen molar-refractivity contribution in [2.45, 2.75) is 37.8 Å². The van der Waals surface area contributed by atoms with Crippen molar-refractivity contribution in [2.24, 2.45) is 5.92 Å². The second-order valence-electron chi connectivity index (χ2n) is 8.36. The smallest absolute Gasteiger partial charge is 0.296 e. The quantitative estimate of drug-likeness (QED) is 0.545. The summed E-state index contributed by atoms with van der Waals surface area (Å²) in [5, 5.41) is 0.276. The van der Waals surface area contributed by atoms with Gasteiger partial charge in [0.2, 0.25) is 0 Å². The van der Waals surface area contributed by atoms with Crippen LogP contribution in [0.25, 0.3) is 10.2 Å². The zero-order valence-electron chi connectivity index (χ0n) is 16.9. The number of halogens is 2. The van der Waals surface area contributed by atoms with Crippen LogP contribution in [0, 0.1) is 17.6 Å². The van der Waals surface area contributed by atoms with E-state index in [0.717, 1.165) is 24.2 Å². The average molecular weight is 452 g/mol. The molecule has 162 valence electrons. The normalized spacial score (nSPS) is 25.2. The summed E-state index contributed by atoms with van der Waals surface area (Å²) in [6, 6.07) is 9.32. The number of aromatic nitrogens is 1. The third-order valence-electron chi connectivity index (χ3n) is 6.51. The van der Waals surface area contributed by atoms with Crippen molar-refractivity contribution in [1.82, 2.24) is 4.98 Å². The van der Waals surface area contributed by atoms with E-state index in [1.54, 1.807) is 18.2 Å². The number of rotatable bonds is 2. The Kier molecular flexibility index (Phi) is 4.40. The summed E-state index contributed by atoms with van der Waals surface area (Å²) < 4.78 is 35.3. The lowest BCUT2D eigenvalue weighted by atomic mass is 9.77. The van der Waals surface area contributed by atoms with Gasteiger partial charge in [0.15, 0.2) is 16.7 Å². The van der Waals surface area contributed by atoms with Gasteiger partial charge in [-0.2, -0.15) is 0 Å². The van der Waals surface area contributed by atoms with Crippen molar-refractivity contribution in [3.63, 3.8) is 0 Å². The van der Waals surface area contributed by atoms with E-state index < -0.39 is 23.6 Å². The highest BCUT2D eigenvalue weighted by Crippen LogP contribution is 2.49. The van der Waals surface area contributed by atoms with Crippen LogP contribution in [0.1, 0.15) is 37.3 Å². The Morgan fingerprint density at radius 2 is 1.88 bits per heavy atom. The number of amides is 1. The minimum absolute atomic E-state index is 0.00293. The van der Waals surface area contributed by atoms with Crippen LogP contribution in [-0.4, -0.2) is 22.8 Å². The van der Waals surface area contributed by atoms with Gasteiger partial charge in [-0.15, -0.1) is 0 Å². The van der Waals surface area contributed by atoms with Crippen LogP contribution in [0.4, 0.5) is 13.9 Å². The number of ether oxygens (including phenoxy) is 1. The van der Waals surface area contributed by atoms with Gasteiger partial charge in [0.05, 0.1) is 21.7 Å². The SMILES string of the molecule is O=C1C2=C(OC3CCCCC13)C(=O)N(c1nc3ccc(F)cc3s1)C2c1ccccc1F. The Morgan fingerprint density at radius 1 is 1.06 bits per heavy atom. The lowest BCUT2D eigenvalue weighted by molar-refractivity contribution is -0.131. The lowest BCUT2D eigenvalue weighted by Crippen LogP contribution is -2.39. The number of hydrogen-bond acceptors (Lipinski definition) is 5. The molecule has 3 unspecified atom stereocenters. The van der Waals surface area contributed by atoms with E-state index in [1.807, 2.05) is 0 Å². The predicted octanol–water partition coefficient (Wildman–Crippen LogP) is 5.07. The Labute approximate surface area is 186 Å². The van der Waals surface area contributed by atoms with Crippen LogP contribution in [-0.2, 0) is 14.3 Å². The number of benzene rings is 2. The van der Waals surface area contributed by atoms with Gasteiger partial charge in [-0.3, -0.25) is 14.5 Å². The standard InChI is InChI=1S/C24H18F2N2O3S/c25-12-9-10-16-18(11-12)32-24(27-16)28-20(13-5-1-3-7-15(13)26)19-21(29)14-6-2-4-8-17(14)31-22(19)23(28)30/h1,3,5,7,9-11,14,17,20H,2,4,6,8H2. The van der Waals surface area contributed by atoms with Gasteiger partial charge < -0.3 is 4.74 Å². The highest BCUT2D eigenvalue weighted by Gasteiger charge is 2.53. The van der Waals surface area contributed by atoms with Crippen molar-refractivity contribution in [1.29, 1.82) is 0 Å². The molecular weight excluding hydrogens is 434 g/mol. The maximum Gasteiger partial charge on any atom is 0.296 e. The van der Waals surface area contributed by atoms with E-state index in [4.69, 9.17) is 4.74 Å². The van der Waals surface area contributed by atoms with E-state index in [0.29, 0.717) is 23.1 Å². The van der Waals surface area contributed by atoms with Crippen LogP contribution in [0.3, 0.4) is 0 Å². The molecule has 0 N–H and O–H groups in total. The third kappa shape index (κ3) is 2.82. The van der Waals surface area contributed by atoms with Crippen LogP contribution in [0.5, 0.6) is 0 Å². The molecule has 1 fully saturated rings. The molecule has 2 aromatic carbocycles. The first-order chi connectivity index (χ1) is 15.5. The summed E-state index contributed by atoms with van der Waals surface area (Å²) in [7, 11) is 0. The van der Waals surface area contributed by atoms with Gasteiger partial charge in [0.1, 0.15) is 23.8 Å². The fourth-order valence-corrected chi connectivity index (χ4v) is 6.04. The maximum absolute atomic E-state index is 15.0. The molecule has 1 aliphatic carbocycles. The first-order valence-electron chi connectivity index (χ1n) is 10.6. The number of carbonyl (C=O) groups is 2. The van der Waals surface area contributed by atoms with E-state index in [1.165, 1.54) is 29.2 Å². The van der Waals surface area contributed by atoms with Crippen molar-refractivity contribution in [3.05, 3.63) is 71.0 Å². The van der Waals surface area contributed by atoms with E-state index >= 15 is 0 Å². The molecule has 1 amide bonds. The summed E-state index contributed by atoms with van der Waals surface area (Å²) >= 11 is 1.13. The first kappa shape index (κ1) is 19.5. The topological polar surface area (TPSA) is 59.5 Å². The zero-order valence-corrected chi connectivity index (χ0v) is 17.7. The molecule has 3 atom stereocenters. The van der Waals surface area contributed by atoms with Gasteiger partial charge in [-0.25, -0.2) is 13.8 Å². The molecule has 1 saturated carbocycles. The fourth-order valence-electron chi connectivity index (χ4n) is 5.02. The van der Waals surface area contributed by atoms with Crippen LogP contribution in [0.2, 0.25) is 0 Å². The number of carbonyl (C=O) groups excluding carboxylic acids is 2. The molecule has 3 aromatic rings. The second kappa shape index (κ2) is 7.20. The number of thiazole rings is 1. The van der Waals surface area contributed by atoms with Crippen LogP contribution in [0.15, 0.2) is 53.8 Å². The molecule has 32 heavy (non-hydrogen) atoms. The summed E-state index contributed by atoms with van der Waals surface area (Å²) in [6.45, 7) is 0. The minimum atomic E-state index is -0.973. The molecule has 0 radical (unpaired) electrons. The van der Waals surface area contributed by atoms with Gasteiger partial charge >= 0.3 is 0 Å². The predicted molar refractivity (Wildman–Crippen MR) is 115 cm³/mol. The zero-order chi connectivity index (χ0) is 22.0. The molecule has 8 heteroatoms. The summed E-state index contributed by atoms with van der Waals surface area (Å²) in [5.41, 5.74) is 0.938. The molecule has 0 spiro atoms. The highest BCUT2D eigenvalue weighted by molar-refractivity contribution is 7.22. The van der Waals surface area contributed by atoms with E-state index in [2.05, 4.69) is 4.98 Å². The fraction of sp³-hybridized carbons (Fsp3) is 0.292. The molecule has 5 nitrogen and oxygen atoms in total. The van der Waals surface area contributed by atoms with Crippen LogP contribution >= 0.6 is 11.3 Å². The molecule has 0 bridgehead atoms. The molecule has 0 saturated heterocycles. The van der Waals surface area contributed by atoms with Crippen molar-refractivity contribution in [3.8, 4) is 0 Å². The number of ketones is 1. The second-order valence-corrected chi connectivity index (χ2v) is 9.37. The van der Waals surface area contributed by atoms with Crippen molar-refractivity contribution < 1.29 is 23.1 Å². The van der Waals surface area contributed by atoms with Crippen molar-refractivity contribution >= 4 is 38.4 Å². The Morgan fingerprint density at radius 3 is 2.72 bits per heavy atom. The van der Waals surface area contributed by atoms with Gasteiger partial charge in [-0.05, 0) is 43.5 Å². The number of hydrogen-bond donors (Lipinski definition) is 0. The molecule has 1 aromatic heterocycles. The van der Waals surface area contributed by atoms with Gasteiger partial charge in [0, 0.05) is 5.56 Å². The summed E-state index contributed by atoms with van der Waals surface area (Å²) in [6.07, 6.45) is 2.94. The largest absolute Gasteiger partial charge is 0.483 e. The summed E-state index contributed by atoms with van der Waals surface area (Å²) in [5.74, 6) is -1.91. The molecule has 3 heterocycles. The van der Waals surface area contributed by atoms with E-state index in [9.17, 15) is 18.4 Å². The molecular formula is C24H18F2N2O3S. The number of nitrogens with zero attached hydrogens (tertiary/aromatic N) is 2. The Hall–Kier alpha value is -3.13. The Bertz CT molecular complexity index is 1320. The lowest BCUT2D eigenvalue weighted by Gasteiger charge is -2.35. The maximum atomic E-state index is 15.0. The average Bonchev–Trinajstić information content (AvgIpc) is 3.32. The van der Waals surface area contributed by atoms with Crippen molar-refractivity contribution in [2.75, 3.05) is 4.90 Å². The molecule has 6 rings (SSSR count). The monoisotopic (exact) mass is 452 g/mol. The molecule has 3 aliphatic rings. The number of Topliss-reactive ketones (excluding diaryl/α,β-unsaturated/α-hetero) is 1.